The van der Waals surface area contributed by atoms with Crippen LogP contribution in [0.2, 0.25) is 5.02 Å². The summed E-state index contributed by atoms with van der Waals surface area (Å²) in [6.07, 6.45) is 1.54. The van der Waals surface area contributed by atoms with Gasteiger partial charge >= 0.3 is 0 Å². The summed E-state index contributed by atoms with van der Waals surface area (Å²) in [5.74, 6) is -0.986. The molecule has 10 heteroatoms. The van der Waals surface area contributed by atoms with E-state index in [1.807, 2.05) is 6.07 Å². The van der Waals surface area contributed by atoms with Crippen molar-refractivity contribution in [1.82, 2.24) is 14.8 Å². The molecule has 138 valence electrons. The number of amides is 2. The van der Waals surface area contributed by atoms with Crippen molar-refractivity contribution >= 4 is 42.5 Å². The van der Waals surface area contributed by atoms with Gasteiger partial charge < -0.3 is 11.1 Å². The number of hydrogen-bond donors (Lipinski definition) is 2. The van der Waals surface area contributed by atoms with E-state index in [2.05, 4.69) is 15.4 Å². The molecule has 0 bridgehead atoms. The third-order valence-electron chi connectivity index (χ3n) is 3.97. The van der Waals surface area contributed by atoms with Crippen LogP contribution < -0.4 is 16.6 Å². The van der Waals surface area contributed by atoms with Crippen LogP contribution >= 0.6 is 11.6 Å². The van der Waals surface area contributed by atoms with E-state index in [-0.39, 0.29) is 22.5 Å². The van der Waals surface area contributed by atoms with Gasteiger partial charge in [0.05, 0.1) is 27.9 Å². The molecule has 0 atom stereocenters. The second-order valence-electron chi connectivity index (χ2n) is 6.04. The molecule has 2 heterocycles. The smallest absolute Gasteiger partial charge is 0.274 e. The highest BCUT2D eigenvalue weighted by Gasteiger charge is 2.21. The number of aryl methyl sites for hydroxylation is 1. The average molecular weight is 393 g/mol. The molecule has 0 spiro atoms. The minimum atomic E-state index is -0.757. The van der Waals surface area contributed by atoms with Crippen molar-refractivity contribution in [2.45, 2.75) is 6.92 Å². The Morgan fingerprint density at radius 3 is 2.75 bits per heavy atom. The van der Waals surface area contributed by atoms with Crippen LogP contribution in [0, 0.1) is 18.3 Å². The van der Waals surface area contributed by atoms with Crippen molar-refractivity contribution < 1.29 is 9.59 Å². The number of benzene rings is 1. The number of carbonyl (C=O) groups excluding carboxylic acids is 2. The predicted octanol–water partition coefficient (Wildman–Crippen LogP) is 0.710. The number of nitrogens with zero attached hydrogens (tertiary/aromatic N) is 4. The number of primary amides is 1. The van der Waals surface area contributed by atoms with Gasteiger partial charge in [0.15, 0.2) is 13.7 Å². The van der Waals surface area contributed by atoms with Crippen molar-refractivity contribution in [2.75, 3.05) is 5.32 Å². The van der Waals surface area contributed by atoms with E-state index in [1.165, 1.54) is 16.9 Å². The fourth-order valence-corrected chi connectivity index (χ4v) is 2.95. The van der Waals surface area contributed by atoms with Gasteiger partial charge in [0, 0.05) is 11.8 Å². The molecule has 0 fully saturated rings. The molecular weight excluding hydrogens is 379 g/mol. The van der Waals surface area contributed by atoms with E-state index < -0.39 is 11.8 Å². The van der Waals surface area contributed by atoms with Gasteiger partial charge in [-0.3, -0.25) is 9.59 Å². The van der Waals surface area contributed by atoms with Crippen molar-refractivity contribution in [2.24, 2.45) is 5.73 Å². The average Bonchev–Trinajstić information content (AvgIpc) is 3.04. The predicted molar refractivity (Wildman–Crippen MR) is 107 cm³/mol. The molecule has 1 aromatic carbocycles. The van der Waals surface area contributed by atoms with Crippen molar-refractivity contribution in [1.29, 1.82) is 5.26 Å². The van der Waals surface area contributed by atoms with Gasteiger partial charge in [-0.1, -0.05) is 11.6 Å². The van der Waals surface area contributed by atoms with Crippen molar-refractivity contribution in [3.8, 4) is 11.9 Å². The van der Waals surface area contributed by atoms with Crippen LogP contribution in [0.15, 0.2) is 36.5 Å². The molecule has 2 amide bonds. The number of nitrogens with two attached hydrogens (primary N) is 1. The number of nitriles is 1. The lowest BCUT2D eigenvalue weighted by atomic mass is 10.0. The zero-order chi connectivity index (χ0) is 20.4. The molecule has 0 radical (unpaired) electrons. The second kappa shape index (κ2) is 7.54. The monoisotopic (exact) mass is 392 g/mol. The molecule has 8 nitrogen and oxygen atoms in total. The number of anilines is 1. The molecule has 3 rings (SSSR count). The number of aromatic nitrogens is 3. The van der Waals surface area contributed by atoms with Crippen LogP contribution in [0.5, 0.6) is 0 Å². The largest absolute Gasteiger partial charge is 0.366 e. The fraction of sp³-hybridized carbons (Fsp3) is 0.0556. The topological polar surface area (TPSA) is 127 Å². The fourth-order valence-electron chi connectivity index (χ4n) is 2.75. The van der Waals surface area contributed by atoms with E-state index in [0.717, 1.165) is 0 Å². The Kier molecular flexibility index (Phi) is 5.15. The Morgan fingerprint density at radius 1 is 1.36 bits per heavy atom. The molecule has 0 aliphatic rings. The SMILES string of the molecule is Bc1cc(C(=O)Nc2c(C)cc(C#N)cc2C(N)=O)n(-c2ncccc2Cl)n1. The lowest BCUT2D eigenvalue weighted by Crippen LogP contribution is -2.22. The maximum absolute atomic E-state index is 13.0. The van der Waals surface area contributed by atoms with Gasteiger partial charge in [-0.05, 0) is 42.8 Å². The minimum absolute atomic E-state index is 0.0450. The molecule has 0 unspecified atom stereocenters. The first-order chi connectivity index (χ1) is 13.3. The van der Waals surface area contributed by atoms with Gasteiger partial charge in [-0.25, -0.2) is 9.67 Å². The highest BCUT2D eigenvalue weighted by Crippen LogP contribution is 2.24. The Labute approximate surface area is 166 Å². The van der Waals surface area contributed by atoms with Crippen LogP contribution in [0.3, 0.4) is 0 Å². The van der Waals surface area contributed by atoms with Crippen LogP contribution in [0.4, 0.5) is 5.69 Å². The maximum atomic E-state index is 13.0. The molecule has 28 heavy (non-hydrogen) atoms. The Balaban J connectivity index is 2.06. The number of pyridine rings is 1. The summed E-state index contributed by atoms with van der Waals surface area (Å²) in [6, 6.07) is 9.73. The molecule has 3 aromatic rings. The molecule has 0 saturated heterocycles. The molecule has 0 saturated carbocycles. The summed E-state index contributed by atoms with van der Waals surface area (Å²) >= 11 is 6.18. The summed E-state index contributed by atoms with van der Waals surface area (Å²) < 4.78 is 1.33. The Morgan fingerprint density at radius 2 is 2.11 bits per heavy atom. The standard InChI is InChI=1S/C18H14BClN6O2/c1-9-5-10(8-21)6-11(16(22)27)15(9)24-18(28)13-7-14(19)25-26(13)17-12(20)3-2-4-23-17/h2-7H,19H2,1H3,(H2,22,27)(H,24,28). The molecule has 2 aromatic heterocycles. The van der Waals surface area contributed by atoms with E-state index >= 15 is 0 Å². The number of rotatable bonds is 4. The van der Waals surface area contributed by atoms with Crippen LogP contribution in [-0.4, -0.2) is 34.4 Å². The number of hydrogen-bond acceptors (Lipinski definition) is 5. The summed E-state index contributed by atoms with van der Waals surface area (Å²) in [6.45, 7) is 1.67. The first-order valence-corrected chi connectivity index (χ1v) is 8.53. The van der Waals surface area contributed by atoms with Crippen molar-refractivity contribution in [3.63, 3.8) is 0 Å². The Bertz CT molecular complexity index is 1150. The third-order valence-corrected chi connectivity index (χ3v) is 4.27. The summed E-state index contributed by atoms with van der Waals surface area (Å²) in [7, 11) is 1.73. The van der Waals surface area contributed by atoms with E-state index in [0.29, 0.717) is 22.0 Å². The van der Waals surface area contributed by atoms with E-state index in [9.17, 15) is 9.59 Å². The lowest BCUT2D eigenvalue weighted by molar-refractivity contribution is 0.100. The summed E-state index contributed by atoms with van der Waals surface area (Å²) in [5, 5.41) is 16.4. The zero-order valence-corrected chi connectivity index (χ0v) is 15.8. The first-order valence-electron chi connectivity index (χ1n) is 8.15. The van der Waals surface area contributed by atoms with Gasteiger partial charge in [-0.2, -0.15) is 10.4 Å². The normalized spacial score (nSPS) is 10.3. The maximum Gasteiger partial charge on any atom is 0.274 e. The number of halogens is 1. The minimum Gasteiger partial charge on any atom is -0.366 e. The molecule has 0 aliphatic heterocycles. The van der Waals surface area contributed by atoms with Gasteiger partial charge in [0.2, 0.25) is 0 Å². The lowest BCUT2D eigenvalue weighted by Gasteiger charge is -2.13. The van der Waals surface area contributed by atoms with Crippen molar-refractivity contribution in [3.05, 3.63) is 63.9 Å². The number of carbonyl (C=O) groups is 2. The molecule has 3 N–H and O–H groups in total. The molecular formula is C18H14BClN6O2. The van der Waals surface area contributed by atoms with Gasteiger partial charge in [0.25, 0.3) is 11.8 Å². The van der Waals surface area contributed by atoms with Gasteiger partial charge in [0.1, 0.15) is 5.69 Å². The number of nitrogens with one attached hydrogen (secondary N) is 1. The highest BCUT2D eigenvalue weighted by molar-refractivity contribution is 6.32. The van der Waals surface area contributed by atoms with Crippen LogP contribution in [-0.2, 0) is 0 Å². The Hall–Kier alpha value is -3.64. The third kappa shape index (κ3) is 3.58. The van der Waals surface area contributed by atoms with E-state index in [1.54, 1.807) is 39.0 Å². The molecule has 0 aliphatic carbocycles. The van der Waals surface area contributed by atoms with Crippen LogP contribution in [0.25, 0.3) is 5.82 Å². The quantitative estimate of drug-likeness (QED) is 0.632. The zero-order valence-electron chi connectivity index (χ0n) is 15.0. The highest BCUT2D eigenvalue weighted by atomic mass is 35.5. The van der Waals surface area contributed by atoms with Crippen LogP contribution in [0.1, 0.15) is 32.0 Å². The van der Waals surface area contributed by atoms with E-state index in [4.69, 9.17) is 22.6 Å². The van der Waals surface area contributed by atoms with Gasteiger partial charge in [-0.15, -0.1) is 0 Å². The summed E-state index contributed by atoms with van der Waals surface area (Å²) in [4.78, 5) is 28.9. The first kappa shape index (κ1) is 19.1. The second-order valence-corrected chi connectivity index (χ2v) is 6.44. The summed E-state index contributed by atoms with van der Waals surface area (Å²) in [5.41, 5.74) is 7.25.